The first kappa shape index (κ1) is 18.9. The van der Waals surface area contributed by atoms with E-state index in [1.807, 2.05) is 58.0 Å². The molecule has 154 valence electrons. The fourth-order valence-corrected chi connectivity index (χ4v) is 4.82. The van der Waals surface area contributed by atoms with Crippen molar-refractivity contribution < 1.29 is 4.79 Å². The minimum absolute atomic E-state index is 0.0136. The largest absolute Gasteiger partial charge is 0.336 e. The molecule has 0 N–H and O–H groups in total. The van der Waals surface area contributed by atoms with Crippen molar-refractivity contribution in [2.24, 2.45) is 5.92 Å². The number of benzene rings is 1. The molecule has 0 saturated carbocycles. The average Bonchev–Trinajstić information content (AvgIpc) is 3.20. The molecule has 1 aromatic carbocycles. The highest BCUT2D eigenvalue weighted by molar-refractivity contribution is 5.93. The summed E-state index contributed by atoms with van der Waals surface area (Å²) < 4.78 is 3.67. The molecule has 1 fully saturated rings. The van der Waals surface area contributed by atoms with Crippen molar-refractivity contribution in [3.63, 3.8) is 0 Å². The van der Waals surface area contributed by atoms with Crippen LogP contribution in [-0.2, 0) is 6.54 Å². The third-order valence-electron chi connectivity index (χ3n) is 6.31. The number of fused-ring (bicyclic) bond motifs is 4. The van der Waals surface area contributed by atoms with Gasteiger partial charge in [0.25, 0.3) is 11.5 Å². The summed E-state index contributed by atoms with van der Waals surface area (Å²) in [6, 6.07) is 17.2. The van der Waals surface area contributed by atoms with Gasteiger partial charge in [0.2, 0.25) is 0 Å². The molecule has 1 amide bonds. The number of likely N-dealkylation sites (tertiary alicyclic amines) is 1. The first-order chi connectivity index (χ1) is 14.5. The Balaban J connectivity index is 1.50. The fourth-order valence-electron chi connectivity index (χ4n) is 4.82. The number of rotatable bonds is 3. The molecule has 6 nitrogen and oxygen atoms in total. The maximum atomic E-state index is 13.6. The normalized spacial score (nSPS) is 20.3. The Kier molecular flexibility index (Phi) is 4.57. The van der Waals surface area contributed by atoms with Crippen LogP contribution >= 0.6 is 0 Å². The maximum Gasteiger partial charge on any atom is 0.272 e. The van der Waals surface area contributed by atoms with Crippen molar-refractivity contribution in [2.75, 3.05) is 13.1 Å². The highest BCUT2D eigenvalue weighted by Crippen LogP contribution is 2.35. The molecule has 30 heavy (non-hydrogen) atoms. The van der Waals surface area contributed by atoms with Crippen LogP contribution < -0.4 is 5.56 Å². The molecule has 3 aromatic rings. The first-order valence-electron chi connectivity index (χ1n) is 10.7. The molecule has 2 bridgehead atoms. The molecular weight excluding hydrogens is 376 g/mol. The van der Waals surface area contributed by atoms with Gasteiger partial charge in [-0.2, -0.15) is 5.10 Å². The molecule has 4 heterocycles. The number of nitrogens with zero attached hydrogens (tertiary/aromatic N) is 4. The Morgan fingerprint density at radius 1 is 1.03 bits per heavy atom. The monoisotopic (exact) mass is 402 g/mol. The number of aromatic nitrogens is 3. The van der Waals surface area contributed by atoms with Crippen molar-refractivity contribution >= 4 is 5.91 Å². The van der Waals surface area contributed by atoms with Crippen LogP contribution in [0.25, 0.3) is 5.69 Å². The van der Waals surface area contributed by atoms with Crippen LogP contribution in [0.1, 0.15) is 54.0 Å². The zero-order valence-electron chi connectivity index (χ0n) is 17.4. The van der Waals surface area contributed by atoms with Gasteiger partial charge in [-0.25, -0.2) is 4.68 Å². The Bertz CT molecular complexity index is 1150. The van der Waals surface area contributed by atoms with E-state index in [9.17, 15) is 9.59 Å². The molecule has 2 aliphatic rings. The number of hydrogen-bond acceptors (Lipinski definition) is 3. The smallest absolute Gasteiger partial charge is 0.272 e. The molecule has 0 aliphatic carbocycles. The molecule has 2 unspecified atom stereocenters. The molecule has 5 rings (SSSR count). The quantitative estimate of drug-likeness (QED) is 0.675. The predicted molar refractivity (Wildman–Crippen MR) is 115 cm³/mol. The minimum atomic E-state index is 0.0136. The van der Waals surface area contributed by atoms with Gasteiger partial charge in [-0.05, 0) is 42.5 Å². The van der Waals surface area contributed by atoms with Crippen LogP contribution in [-0.4, -0.2) is 38.2 Å². The summed E-state index contributed by atoms with van der Waals surface area (Å²) in [6.45, 7) is 6.17. The Morgan fingerprint density at radius 3 is 2.60 bits per heavy atom. The number of carbonyl (C=O) groups is 1. The summed E-state index contributed by atoms with van der Waals surface area (Å²) in [6.07, 6.45) is 1.03. The zero-order valence-corrected chi connectivity index (χ0v) is 17.4. The SMILES string of the molecule is CC(C)c1cc(C(=O)N2CC3CC(C2)c2cccc(=O)n2C3)n(-c2ccccc2)n1. The highest BCUT2D eigenvalue weighted by atomic mass is 16.2. The summed E-state index contributed by atoms with van der Waals surface area (Å²) in [5, 5.41) is 4.74. The van der Waals surface area contributed by atoms with Gasteiger partial charge in [0.1, 0.15) is 5.69 Å². The van der Waals surface area contributed by atoms with Crippen molar-refractivity contribution in [1.29, 1.82) is 0 Å². The van der Waals surface area contributed by atoms with Crippen molar-refractivity contribution in [3.8, 4) is 5.69 Å². The average molecular weight is 402 g/mol. The molecule has 2 aliphatic heterocycles. The lowest BCUT2D eigenvalue weighted by Crippen LogP contribution is -2.49. The van der Waals surface area contributed by atoms with Crippen LogP contribution in [0.5, 0.6) is 0 Å². The third kappa shape index (κ3) is 3.16. The van der Waals surface area contributed by atoms with Gasteiger partial charge < -0.3 is 9.47 Å². The molecule has 0 spiro atoms. The van der Waals surface area contributed by atoms with E-state index in [1.54, 1.807) is 10.7 Å². The van der Waals surface area contributed by atoms with Crippen LogP contribution in [0.15, 0.2) is 59.4 Å². The summed E-state index contributed by atoms with van der Waals surface area (Å²) in [5.41, 5.74) is 3.52. The molecule has 0 radical (unpaired) electrons. The lowest BCUT2D eigenvalue weighted by Gasteiger charge is -2.42. The summed E-state index contributed by atoms with van der Waals surface area (Å²) in [5.74, 6) is 0.756. The van der Waals surface area contributed by atoms with E-state index < -0.39 is 0 Å². The van der Waals surface area contributed by atoms with Crippen LogP contribution in [0.2, 0.25) is 0 Å². The Morgan fingerprint density at radius 2 is 1.83 bits per heavy atom. The summed E-state index contributed by atoms with van der Waals surface area (Å²) in [7, 11) is 0. The molecule has 2 aromatic heterocycles. The lowest BCUT2D eigenvalue weighted by atomic mass is 9.83. The van der Waals surface area contributed by atoms with Gasteiger partial charge in [-0.15, -0.1) is 0 Å². The van der Waals surface area contributed by atoms with E-state index in [-0.39, 0.29) is 23.3 Å². The van der Waals surface area contributed by atoms with Crippen LogP contribution in [0.4, 0.5) is 0 Å². The number of carbonyl (C=O) groups excluding carboxylic acids is 1. The van der Waals surface area contributed by atoms with E-state index in [2.05, 4.69) is 13.8 Å². The number of pyridine rings is 1. The van der Waals surface area contributed by atoms with E-state index in [1.165, 1.54) is 0 Å². The highest BCUT2D eigenvalue weighted by Gasteiger charge is 2.37. The van der Waals surface area contributed by atoms with Gasteiger partial charge in [0, 0.05) is 37.3 Å². The van der Waals surface area contributed by atoms with Gasteiger partial charge >= 0.3 is 0 Å². The van der Waals surface area contributed by atoms with Gasteiger partial charge in [0.05, 0.1) is 11.4 Å². The number of para-hydroxylation sites is 1. The molecule has 1 saturated heterocycles. The first-order valence-corrected chi connectivity index (χ1v) is 10.7. The van der Waals surface area contributed by atoms with E-state index >= 15 is 0 Å². The molecular formula is C24H26N4O2. The molecule has 6 heteroatoms. The van der Waals surface area contributed by atoms with E-state index in [0.29, 0.717) is 31.2 Å². The van der Waals surface area contributed by atoms with Gasteiger partial charge in [0.15, 0.2) is 0 Å². The number of hydrogen-bond donors (Lipinski definition) is 0. The van der Waals surface area contributed by atoms with Crippen molar-refractivity contribution in [2.45, 2.75) is 38.6 Å². The van der Waals surface area contributed by atoms with Gasteiger partial charge in [-0.1, -0.05) is 38.1 Å². The minimum Gasteiger partial charge on any atom is -0.336 e. The van der Waals surface area contributed by atoms with Crippen molar-refractivity contribution in [1.82, 2.24) is 19.2 Å². The topological polar surface area (TPSA) is 60.1 Å². The Hall–Kier alpha value is -3.15. The lowest BCUT2D eigenvalue weighted by molar-refractivity contribution is 0.0585. The fraction of sp³-hybridized carbons (Fsp3) is 0.375. The second-order valence-electron chi connectivity index (χ2n) is 8.76. The zero-order chi connectivity index (χ0) is 20.8. The standard InChI is InChI=1S/C24H26N4O2/c1-16(2)20-12-22(28(25-20)19-7-4-3-5-8-19)24(30)26-13-17-11-18(15-26)21-9-6-10-23(29)27(21)14-17/h3-10,12,16-18H,11,13-15H2,1-2H3. The second kappa shape index (κ2) is 7.27. The second-order valence-corrected chi connectivity index (χ2v) is 8.76. The summed E-state index contributed by atoms with van der Waals surface area (Å²) >= 11 is 0. The molecule has 2 atom stereocenters. The van der Waals surface area contributed by atoms with Gasteiger partial charge in [-0.3, -0.25) is 9.59 Å². The Labute approximate surface area is 175 Å². The number of piperidine rings is 1. The maximum absolute atomic E-state index is 13.6. The summed E-state index contributed by atoms with van der Waals surface area (Å²) in [4.78, 5) is 27.9. The van der Waals surface area contributed by atoms with Crippen LogP contribution in [0.3, 0.4) is 0 Å². The predicted octanol–water partition coefficient (Wildman–Crippen LogP) is 3.42. The number of amides is 1. The third-order valence-corrected chi connectivity index (χ3v) is 6.31. The van der Waals surface area contributed by atoms with E-state index in [0.717, 1.165) is 23.5 Å². The van der Waals surface area contributed by atoms with Crippen molar-refractivity contribution in [3.05, 3.63) is 82.0 Å². The van der Waals surface area contributed by atoms with E-state index in [4.69, 9.17) is 5.10 Å². The van der Waals surface area contributed by atoms with Crippen LogP contribution in [0, 0.1) is 5.92 Å².